The Bertz CT molecular complexity index is 333. The number of hydrogen-bond acceptors (Lipinski definition) is 2. The minimum Gasteiger partial charge on any atom is -0.508 e. The normalized spacial score (nSPS) is 16.2. The predicted molar refractivity (Wildman–Crippen MR) is 77.9 cm³/mol. The van der Waals surface area contributed by atoms with Crippen molar-refractivity contribution < 1.29 is 5.11 Å². The third-order valence-corrected chi connectivity index (χ3v) is 3.50. The lowest BCUT2D eigenvalue weighted by Gasteiger charge is -2.22. The number of nitrogens with one attached hydrogen (secondary N) is 1. The molecule has 2 nitrogen and oxygen atoms in total. The van der Waals surface area contributed by atoms with Crippen LogP contribution in [0.3, 0.4) is 0 Å². The summed E-state index contributed by atoms with van der Waals surface area (Å²) in [7, 11) is 0. The van der Waals surface area contributed by atoms with E-state index in [0.29, 0.717) is 17.8 Å². The fourth-order valence-corrected chi connectivity index (χ4v) is 2.37. The van der Waals surface area contributed by atoms with Crippen LogP contribution >= 0.6 is 0 Å². The van der Waals surface area contributed by atoms with Crippen molar-refractivity contribution in [2.45, 2.75) is 59.0 Å². The number of rotatable bonds is 7. The van der Waals surface area contributed by atoms with Gasteiger partial charge in [-0.2, -0.15) is 0 Å². The minimum absolute atomic E-state index is 0.338. The summed E-state index contributed by atoms with van der Waals surface area (Å²) < 4.78 is 0. The molecule has 1 aromatic rings. The Hall–Kier alpha value is -1.02. The molecule has 102 valence electrons. The lowest BCUT2D eigenvalue weighted by Crippen LogP contribution is -2.36. The second-order valence-corrected chi connectivity index (χ2v) is 5.59. The van der Waals surface area contributed by atoms with E-state index >= 15 is 0 Å². The van der Waals surface area contributed by atoms with Crippen LogP contribution in [-0.4, -0.2) is 17.2 Å². The van der Waals surface area contributed by atoms with Crippen molar-refractivity contribution in [1.29, 1.82) is 0 Å². The molecule has 1 rings (SSSR count). The predicted octanol–water partition coefficient (Wildman–Crippen LogP) is 3.74. The molecule has 2 N–H and O–H groups in total. The maximum atomic E-state index is 9.25. The van der Waals surface area contributed by atoms with Crippen LogP contribution in [0.4, 0.5) is 0 Å². The van der Waals surface area contributed by atoms with Crippen LogP contribution < -0.4 is 5.32 Å². The molecule has 3 atom stereocenters. The standard InChI is InChI=1S/C16H27NO/c1-5-12(2)10-13(3)17-14(4)11-15-6-8-16(18)9-7-15/h6-9,12-14,17-18H,5,10-11H2,1-4H3. The highest BCUT2D eigenvalue weighted by atomic mass is 16.3. The van der Waals surface area contributed by atoms with Gasteiger partial charge in [0.05, 0.1) is 0 Å². The third-order valence-electron chi connectivity index (χ3n) is 3.50. The molecule has 0 bridgehead atoms. The average molecular weight is 249 g/mol. The monoisotopic (exact) mass is 249 g/mol. The van der Waals surface area contributed by atoms with Crippen LogP contribution in [0, 0.1) is 5.92 Å². The van der Waals surface area contributed by atoms with E-state index in [1.165, 1.54) is 18.4 Å². The van der Waals surface area contributed by atoms with Gasteiger partial charge in [-0.25, -0.2) is 0 Å². The van der Waals surface area contributed by atoms with Gasteiger partial charge in [0.1, 0.15) is 5.75 Å². The highest BCUT2D eigenvalue weighted by Crippen LogP contribution is 2.13. The summed E-state index contributed by atoms with van der Waals surface area (Å²) in [6.07, 6.45) is 3.49. The summed E-state index contributed by atoms with van der Waals surface area (Å²) in [5.41, 5.74) is 1.27. The second-order valence-electron chi connectivity index (χ2n) is 5.59. The van der Waals surface area contributed by atoms with Gasteiger partial charge in [-0.3, -0.25) is 0 Å². The number of hydrogen-bond donors (Lipinski definition) is 2. The molecule has 1 aromatic carbocycles. The Morgan fingerprint density at radius 1 is 1.06 bits per heavy atom. The van der Waals surface area contributed by atoms with Crippen LogP contribution in [-0.2, 0) is 6.42 Å². The molecule has 0 radical (unpaired) electrons. The van der Waals surface area contributed by atoms with Gasteiger partial charge in [-0.05, 0) is 50.3 Å². The zero-order chi connectivity index (χ0) is 13.5. The number of benzene rings is 1. The van der Waals surface area contributed by atoms with Crippen molar-refractivity contribution in [3.8, 4) is 5.75 Å². The summed E-state index contributed by atoms with van der Waals surface area (Å²) in [4.78, 5) is 0. The molecule has 0 amide bonds. The minimum atomic E-state index is 0.338. The smallest absolute Gasteiger partial charge is 0.115 e. The molecular formula is C16H27NO. The number of phenols is 1. The Morgan fingerprint density at radius 3 is 2.22 bits per heavy atom. The Kier molecular flexibility index (Phi) is 6.20. The van der Waals surface area contributed by atoms with E-state index in [1.54, 1.807) is 12.1 Å². The van der Waals surface area contributed by atoms with Crippen molar-refractivity contribution in [3.05, 3.63) is 29.8 Å². The van der Waals surface area contributed by atoms with E-state index in [1.807, 2.05) is 12.1 Å². The van der Waals surface area contributed by atoms with Crippen molar-refractivity contribution in [1.82, 2.24) is 5.32 Å². The quantitative estimate of drug-likeness (QED) is 0.771. The first kappa shape index (κ1) is 15.0. The zero-order valence-corrected chi connectivity index (χ0v) is 12.1. The molecular weight excluding hydrogens is 222 g/mol. The van der Waals surface area contributed by atoms with Crippen LogP contribution in [0.15, 0.2) is 24.3 Å². The van der Waals surface area contributed by atoms with Gasteiger partial charge in [0, 0.05) is 12.1 Å². The van der Waals surface area contributed by atoms with Crippen LogP contribution in [0.25, 0.3) is 0 Å². The fraction of sp³-hybridized carbons (Fsp3) is 0.625. The molecule has 3 unspecified atom stereocenters. The van der Waals surface area contributed by atoms with E-state index in [4.69, 9.17) is 0 Å². The first-order valence-electron chi connectivity index (χ1n) is 7.05. The van der Waals surface area contributed by atoms with Crippen LogP contribution in [0.1, 0.15) is 46.1 Å². The Balaban J connectivity index is 2.36. The van der Waals surface area contributed by atoms with Gasteiger partial charge >= 0.3 is 0 Å². The Morgan fingerprint density at radius 2 is 1.67 bits per heavy atom. The van der Waals surface area contributed by atoms with Gasteiger partial charge in [-0.15, -0.1) is 0 Å². The molecule has 0 aromatic heterocycles. The third kappa shape index (κ3) is 5.54. The van der Waals surface area contributed by atoms with Crippen LogP contribution in [0.5, 0.6) is 5.75 Å². The van der Waals surface area contributed by atoms with Gasteiger partial charge in [0.25, 0.3) is 0 Å². The van der Waals surface area contributed by atoms with Crippen molar-refractivity contribution in [3.63, 3.8) is 0 Å². The molecule has 0 fully saturated rings. The van der Waals surface area contributed by atoms with E-state index < -0.39 is 0 Å². The largest absolute Gasteiger partial charge is 0.508 e. The number of aromatic hydroxyl groups is 1. The molecule has 0 heterocycles. The number of phenolic OH excluding ortho intramolecular Hbond substituents is 1. The average Bonchev–Trinajstić information content (AvgIpc) is 2.31. The fourth-order valence-electron chi connectivity index (χ4n) is 2.37. The molecule has 0 saturated heterocycles. The van der Waals surface area contributed by atoms with Gasteiger partial charge in [0.2, 0.25) is 0 Å². The SMILES string of the molecule is CCC(C)CC(C)NC(C)Cc1ccc(O)cc1. The van der Waals surface area contributed by atoms with Gasteiger partial charge < -0.3 is 10.4 Å². The summed E-state index contributed by atoms with van der Waals surface area (Å²) in [6, 6.07) is 8.52. The van der Waals surface area contributed by atoms with E-state index in [2.05, 4.69) is 33.0 Å². The molecule has 0 aliphatic carbocycles. The maximum absolute atomic E-state index is 9.25. The second kappa shape index (κ2) is 7.42. The van der Waals surface area contributed by atoms with Crippen molar-refractivity contribution in [2.24, 2.45) is 5.92 Å². The van der Waals surface area contributed by atoms with E-state index in [0.717, 1.165) is 12.3 Å². The topological polar surface area (TPSA) is 32.3 Å². The molecule has 0 saturated carbocycles. The lowest BCUT2D eigenvalue weighted by molar-refractivity contribution is 0.380. The van der Waals surface area contributed by atoms with Crippen molar-refractivity contribution >= 4 is 0 Å². The van der Waals surface area contributed by atoms with E-state index in [9.17, 15) is 5.11 Å². The first-order chi connectivity index (χ1) is 8.51. The Labute approximate surface area is 111 Å². The van der Waals surface area contributed by atoms with Crippen molar-refractivity contribution in [2.75, 3.05) is 0 Å². The summed E-state index contributed by atoms with van der Waals surface area (Å²) >= 11 is 0. The molecule has 2 heteroatoms. The highest BCUT2D eigenvalue weighted by Gasteiger charge is 2.10. The molecule has 0 spiro atoms. The van der Waals surface area contributed by atoms with Gasteiger partial charge in [0.15, 0.2) is 0 Å². The summed E-state index contributed by atoms with van der Waals surface area (Å²) in [5, 5.41) is 12.9. The molecule has 0 aliphatic rings. The zero-order valence-electron chi connectivity index (χ0n) is 12.1. The summed E-state index contributed by atoms with van der Waals surface area (Å²) in [5.74, 6) is 1.12. The summed E-state index contributed by atoms with van der Waals surface area (Å²) in [6.45, 7) is 9.04. The highest BCUT2D eigenvalue weighted by molar-refractivity contribution is 5.26. The van der Waals surface area contributed by atoms with Crippen LogP contribution in [0.2, 0.25) is 0 Å². The van der Waals surface area contributed by atoms with E-state index in [-0.39, 0.29) is 0 Å². The first-order valence-corrected chi connectivity index (χ1v) is 7.05. The van der Waals surface area contributed by atoms with Gasteiger partial charge in [-0.1, -0.05) is 32.4 Å². The molecule has 0 aliphatic heterocycles. The maximum Gasteiger partial charge on any atom is 0.115 e. The molecule has 18 heavy (non-hydrogen) atoms. The lowest BCUT2D eigenvalue weighted by atomic mass is 9.99.